The molecule has 0 radical (unpaired) electrons. The largest absolute Gasteiger partial charge is 0.356 e. The number of guanidine groups is 1. The van der Waals surface area contributed by atoms with E-state index in [1.165, 1.54) is 32.6 Å². The average molecular weight is 480 g/mol. The summed E-state index contributed by atoms with van der Waals surface area (Å²) in [5.41, 5.74) is 1.11. The summed E-state index contributed by atoms with van der Waals surface area (Å²) in [5.74, 6) is 0.941. The molecular formula is C17H33IN6S. The lowest BCUT2D eigenvalue weighted by Gasteiger charge is -2.23. The first kappa shape index (κ1) is 22.6. The van der Waals surface area contributed by atoms with E-state index in [4.69, 9.17) is 0 Å². The highest BCUT2D eigenvalue weighted by molar-refractivity contribution is 14.0. The van der Waals surface area contributed by atoms with Gasteiger partial charge in [-0.25, -0.2) is 4.98 Å². The molecule has 0 bridgehead atoms. The maximum Gasteiger partial charge on any atom is 0.193 e. The maximum atomic E-state index is 4.52. The minimum Gasteiger partial charge on any atom is -0.356 e. The number of rotatable bonds is 6. The van der Waals surface area contributed by atoms with E-state index >= 15 is 0 Å². The van der Waals surface area contributed by atoms with Gasteiger partial charge >= 0.3 is 0 Å². The summed E-state index contributed by atoms with van der Waals surface area (Å²) in [7, 11) is 6.12. The molecule has 1 saturated heterocycles. The van der Waals surface area contributed by atoms with Crippen molar-refractivity contribution in [2.24, 2.45) is 4.99 Å². The molecule has 0 aliphatic carbocycles. The highest BCUT2D eigenvalue weighted by atomic mass is 127. The minimum atomic E-state index is 0. The molecule has 0 saturated carbocycles. The second kappa shape index (κ2) is 12.0. The summed E-state index contributed by atoms with van der Waals surface area (Å²) < 4.78 is 0. The van der Waals surface area contributed by atoms with Crippen molar-refractivity contribution in [3.8, 4) is 0 Å². The van der Waals surface area contributed by atoms with Crippen molar-refractivity contribution >= 4 is 41.3 Å². The number of nitrogens with zero attached hydrogens (tertiary/aromatic N) is 5. The molecule has 2 rings (SSSR count). The Kier molecular flexibility index (Phi) is 10.9. The average Bonchev–Trinajstić information content (AvgIpc) is 2.84. The highest BCUT2D eigenvalue weighted by Crippen LogP contribution is 2.09. The fraction of sp³-hybridized carbons (Fsp3) is 0.765. The van der Waals surface area contributed by atoms with Crippen LogP contribution in [0.25, 0.3) is 0 Å². The summed E-state index contributed by atoms with van der Waals surface area (Å²) in [6.07, 6.45) is 2.42. The van der Waals surface area contributed by atoms with Gasteiger partial charge in [-0.3, -0.25) is 4.99 Å². The molecule has 1 fully saturated rings. The predicted octanol–water partition coefficient (Wildman–Crippen LogP) is 2.10. The second-order valence-corrected chi connectivity index (χ2v) is 7.60. The molecule has 1 aromatic heterocycles. The van der Waals surface area contributed by atoms with Gasteiger partial charge in [0.05, 0.1) is 17.2 Å². The number of aliphatic imine (C=N–C) groups is 1. The predicted molar refractivity (Wildman–Crippen MR) is 118 cm³/mol. The smallest absolute Gasteiger partial charge is 0.193 e. The van der Waals surface area contributed by atoms with Crippen molar-refractivity contribution in [1.82, 2.24) is 25.0 Å². The Hall–Kier alpha value is -0.450. The van der Waals surface area contributed by atoms with Crippen molar-refractivity contribution < 1.29 is 0 Å². The van der Waals surface area contributed by atoms with Gasteiger partial charge < -0.3 is 20.0 Å². The molecule has 0 amide bonds. The third kappa shape index (κ3) is 8.19. The van der Waals surface area contributed by atoms with Crippen LogP contribution in [-0.4, -0.2) is 86.1 Å². The van der Waals surface area contributed by atoms with Crippen LogP contribution in [0.3, 0.4) is 0 Å². The van der Waals surface area contributed by atoms with E-state index in [0.717, 1.165) is 42.7 Å². The van der Waals surface area contributed by atoms with Gasteiger partial charge in [-0.05, 0) is 46.4 Å². The van der Waals surface area contributed by atoms with Gasteiger partial charge in [-0.2, -0.15) is 0 Å². The third-order valence-corrected chi connectivity index (χ3v) is 5.21. The van der Waals surface area contributed by atoms with Gasteiger partial charge in [0.2, 0.25) is 0 Å². The third-order valence-electron chi connectivity index (χ3n) is 4.39. The van der Waals surface area contributed by atoms with Crippen molar-refractivity contribution in [3.63, 3.8) is 0 Å². The van der Waals surface area contributed by atoms with Gasteiger partial charge in [0.25, 0.3) is 0 Å². The molecule has 1 N–H and O–H groups in total. The molecule has 1 aliphatic rings. The van der Waals surface area contributed by atoms with Gasteiger partial charge in [0.15, 0.2) is 5.96 Å². The van der Waals surface area contributed by atoms with Crippen molar-refractivity contribution in [2.75, 3.05) is 60.4 Å². The topological polar surface area (TPSA) is 47.0 Å². The number of hydrogen-bond acceptors (Lipinski definition) is 5. The fourth-order valence-corrected chi connectivity index (χ4v) is 3.61. The number of hydrogen-bond donors (Lipinski definition) is 1. The summed E-state index contributed by atoms with van der Waals surface area (Å²) in [5, 5.41) is 6.71. The zero-order chi connectivity index (χ0) is 17.4. The van der Waals surface area contributed by atoms with Gasteiger partial charge in [-0.1, -0.05) is 0 Å². The normalized spacial score (nSPS) is 17.0. The number of halogens is 1. The van der Waals surface area contributed by atoms with Crippen molar-refractivity contribution in [3.05, 3.63) is 16.1 Å². The molecule has 0 unspecified atom stereocenters. The Labute approximate surface area is 173 Å². The Morgan fingerprint density at radius 2 is 2.16 bits per heavy atom. The molecule has 144 valence electrons. The standard InChI is InChI=1S/C17H32N6S.HI/c1-15-20-16(14-24-15)13-22(4)17(18-2)19-7-5-9-23-10-6-8-21(3)11-12-23;/h14H,5-13H2,1-4H3,(H,18,19);1H. The molecule has 2 heterocycles. The molecule has 1 aliphatic heterocycles. The van der Waals surface area contributed by atoms with Gasteiger partial charge in [0, 0.05) is 39.1 Å². The minimum absolute atomic E-state index is 0. The monoisotopic (exact) mass is 480 g/mol. The zero-order valence-corrected chi connectivity index (χ0v) is 19.1. The summed E-state index contributed by atoms with van der Waals surface area (Å²) >= 11 is 1.70. The fourth-order valence-electron chi connectivity index (χ4n) is 3.01. The first-order chi connectivity index (χ1) is 11.6. The van der Waals surface area contributed by atoms with Crippen LogP contribution >= 0.6 is 35.3 Å². The molecule has 25 heavy (non-hydrogen) atoms. The summed E-state index contributed by atoms with van der Waals surface area (Å²) in [4.78, 5) is 16.0. The molecular weight excluding hydrogens is 447 g/mol. The van der Waals surface area contributed by atoms with E-state index < -0.39 is 0 Å². The molecule has 1 aromatic rings. The molecule has 0 aromatic carbocycles. The van der Waals surface area contributed by atoms with Crippen LogP contribution in [0.4, 0.5) is 0 Å². The van der Waals surface area contributed by atoms with Crippen LogP contribution < -0.4 is 5.32 Å². The molecule has 0 atom stereocenters. The van der Waals surface area contributed by atoms with Crippen LogP contribution in [0.15, 0.2) is 10.4 Å². The second-order valence-electron chi connectivity index (χ2n) is 6.54. The quantitative estimate of drug-likeness (QED) is 0.293. The molecule has 6 nitrogen and oxygen atoms in total. The Morgan fingerprint density at radius 1 is 1.36 bits per heavy atom. The summed E-state index contributed by atoms with van der Waals surface area (Å²) in [6.45, 7) is 9.78. The van der Waals surface area contributed by atoms with Crippen molar-refractivity contribution in [1.29, 1.82) is 0 Å². The number of nitrogens with one attached hydrogen (secondary N) is 1. The van der Waals surface area contributed by atoms with E-state index in [1.807, 2.05) is 14.0 Å². The Morgan fingerprint density at radius 3 is 2.84 bits per heavy atom. The number of likely N-dealkylation sites (N-methyl/N-ethyl adjacent to an activating group) is 1. The Bertz CT molecular complexity index is 521. The number of thiazole rings is 1. The van der Waals surface area contributed by atoms with E-state index in [0.29, 0.717) is 0 Å². The van der Waals surface area contributed by atoms with Crippen LogP contribution in [0.2, 0.25) is 0 Å². The SMILES string of the molecule is CN=C(NCCCN1CCCN(C)CC1)N(C)Cc1csc(C)n1.I. The molecule has 0 spiro atoms. The van der Waals surface area contributed by atoms with Gasteiger partial charge in [-0.15, -0.1) is 35.3 Å². The van der Waals surface area contributed by atoms with Crippen LogP contribution in [0.5, 0.6) is 0 Å². The van der Waals surface area contributed by atoms with Crippen molar-refractivity contribution in [2.45, 2.75) is 26.3 Å². The number of aryl methyl sites for hydroxylation is 1. The lowest BCUT2D eigenvalue weighted by atomic mass is 10.3. The highest BCUT2D eigenvalue weighted by Gasteiger charge is 2.12. The van der Waals surface area contributed by atoms with Crippen LogP contribution in [0, 0.1) is 6.92 Å². The first-order valence-corrected chi connectivity index (χ1v) is 9.70. The van der Waals surface area contributed by atoms with E-state index in [2.05, 4.69) is 49.5 Å². The lowest BCUT2D eigenvalue weighted by Crippen LogP contribution is -2.40. The Balaban J connectivity index is 0.00000312. The van der Waals surface area contributed by atoms with E-state index in [-0.39, 0.29) is 24.0 Å². The van der Waals surface area contributed by atoms with E-state index in [9.17, 15) is 0 Å². The zero-order valence-electron chi connectivity index (χ0n) is 16.0. The van der Waals surface area contributed by atoms with Crippen LogP contribution in [0.1, 0.15) is 23.5 Å². The lowest BCUT2D eigenvalue weighted by molar-refractivity contribution is 0.273. The number of aromatic nitrogens is 1. The van der Waals surface area contributed by atoms with Crippen LogP contribution in [-0.2, 0) is 6.54 Å². The first-order valence-electron chi connectivity index (χ1n) is 8.82. The summed E-state index contributed by atoms with van der Waals surface area (Å²) in [6, 6.07) is 0. The van der Waals surface area contributed by atoms with E-state index in [1.54, 1.807) is 11.3 Å². The maximum absolute atomic E-state index is 4.52. The van der Waals surface area contributed by atoms with Gasteiger partial charge in [0.1, 0.15) is 0 Å². The molecule has 8 heteroatoms.